The van der Waals surface area contributed by atoms with Crippen LogP contribution in [0, 0.1) is 0 Å². The number of halogens is 1. The normalized spacial score (nSPS) is 12.3. The third-order valence-electron chi connectivity index (χ3n) is 5.18. The summed E-state index contributed by atoms with van der Waals surface area (Å²) in [6.45, 7) is 5.47. The third-order valence-corrected chi connectivity index (χ3v) is 6.82. The maximum atomic E-state index is 13.3. The van der Waals surface area contributed by atoms with Gasteiger partial charge in [-0.25, -0.2) is 8.42 Å². The second-order valence-corrected chi connectivity index (χ2v) is 10.8. The van der Waals surface area contributed by atoms with Crippen LogP contribution in [-0.4, -0.2) is 51.0 Å². The largest absolute Gasteiger partial charge is 0.357 e. The number of nitrogens with zero attached hydrogens (tertiary/aromatic N) is 2. The predicted octanol–water partition coefficient (Wildman–Crippen LogP) is 3.50. The zero-order valence-corrected chi connectivity index (χ0v) is 21.4. The van der Waals surface area contributed by atoms with Gasteiger partial charge in [0.15, 0.2) is 0 Å². The fourth-order valence-corrected chi connectivity index (χ4v) is 4.56. The fourth-order valence-electron chi connectivity index (χ4n) is 3.26. The van der Waals surface area contributed by atoms with Crippen LogP contribution in [0.4, 0.5) is 5.69 Å². The van der Waals surface area contributed by atoms with Crippen molar-refractivity contribution in [3.63, 3.8) is 0 Å². The SMILES string of the molecule is CNC(=O)[C@@H](C)N(Cc1cccc(Br)c1)C(=O)CN(c1ccc(C(C)C)cc1)S(C)(=O)=O. The highest BCUT2D eigenvalue weighted by Gasteiger charge is 2.29. The molecule has 2 amide bonds. The number of hydrogen-bond donors (Lipinski definition) is 1. The molecule has 0 aliphatic heterocycles. The zero-order valence-electron chi connectivity index (χ0n) is 19.0. The highest BCUT2D eigenvalue weighted by Crippen LogP contribution is 2.23. The molecule has 0 saturated carbocycles. The minimum atomic E-state index is -3.73. The van der Waals surface area contributed by atoms with Gasteiger partial charge in [0, 0.05) is 18.1 Å². The van der Waals surface area contributed by atoms with Gasteiger partial charge in [0.2, 0.25) is 21.8 Å². The van der Waals surface area contributed by atoms with Crippen LogP contribution in [0.15, 0.2) is 53.0 Å². The molecule has 0 aliphatic rings. The van der Waals surface area contributed by atoms with Crippen LogP contribution < -0.4 is 9.62 Å². The maximum absolute atomic E-state index is 13.3. The minimum absolute atomic E-state index is 0.163. The molecule has 0 bridgehead atoms. The number of likely N-dealkylation sites (N-methyl/N-ethyl adjacent to an activating group) is 1. The lowest BCUT2D eigenvalue weighted by molar-refractivity contribution is -0.139. The van der Waals surface area contributed by atoms with Crippen molar-refractivity contribution in [3.8, 4) is 0 Å². The van der Waals surface area contributed by atoms with Crippen molar-refractivity contribution in [1.82, 2.24) is 10.2 Å². The van der Waals surface area contributed by atoms with Gasteiger partial charge in [-0.3, -0.25) is 13.9 Å². The number of carbonyl (C=O) groups is 2. The molecule has 0 aromatic heterocycles. The van der Waals surface area contributed by atoms with Gasteiger partial charge in [-0.1, -0.05) is 54.0 Å². The molecular weight excluding hydrogens is 494 g/mol. The molecule has 174 valence electrons. The molecule has 2 rings (SSSR count). The first kappa shape index (κ1) is 25.9. The monoisotopic (exact) mass is 523 g/mol. The number of anilines is 1. The number of benzene rings is 2. The summed E-state index contributed by atoms with van der Waals surface area (Å²) >= 11 is 3.41. The molecule has 7 nitrogen and oxygen atoms in total. The molecule has 0 unspecified atom stereocenters. The molecule has 0 fully saturated rings. The van der Waals surface area contributed by atoms with Gasteiger partial charge < -0.3 is 10.2 Å². The molecule has 1 N–H and O–H groups in total. The third kappa shape index (κ3) is 6.80. The number of carbonyl (C=O) groups excluding carboxylic acids is 2. The Bertz CT molecular complexity index is 1060. The van der Waals surface area contributed by atoms with Crippen molar-refractivity contribution in [2.45, 2.75) is 39.3 Å². The number of amides is 2. The Hall–Kier alpha value is -2.39. The van der Waals surface area contributed by atoms with Gasteiger partial charge >= 0.3 is 0 Å². The topological polar surface area (TPSA) is 86.8 Å². The molecule has 0 saturated heterocycles. The fraction of sp³-hybridized carbons (Fsp3) is 0.391. The van der Waals surface area contributed by atoms with E-state index in [1.807, 2.05) is 50.2 Å². The Morgan fingerprint density at radius 2 is 1.69 bits per heavy atom. The van der Waals surface area contributed by atoms with Gasteiger partial charge in [0.1, 0.15) is 12.6 Å². The van der Waals surface area contributed by atoms with Crippen molar-refractivity contribution in [2.75, 3.05) is 24.2 Å². The van der Waals surface area contributed by atoms with Gasteiger partial charge in [-0.15, -0.1) is 0 Å². The van der Waals surface area contributed by atoms with E-state index in [1.54, 1.807) is 19.1 Å². The molecule has 32 heavy (non-hydrogen) atoms. The van der Waals surface area contributed by atoms with E-state index in [1.165, 1.54) is 11.9 Å². The lowest BCUT2D eigenvalue weighted by Gasteiger charge is -2.31. The summed E-state index contributed by atoms with van der Waals surface area (Å²) in [5, 5.41) is 2.56. The summed E-state index contributed by atoms with van der Waals surface area (Å²) in [6.07, 6.45) is 1.07. The Balaban J connectivity index is 2.37. The smallest absolute Gasteiger partial charge is 0.244 e. The average Bonchev–Trinajstić information content (AvgIpc) is 2.74. The van der Waals surface area contributed by atoms with Gasteiger partial charge in [-0.05, 0) is 48.2 Å². The number of nitrogens with one attached hydrogen (secondary N) is 1. The number of sulfonamides is 1. The van der Waals surface area contributed by atoms with E-state index in [2.05, 4.69) is 21.2 Å². The van der Waals surface area contributed by atoms with Crippen molar-refractivity contribution in [1.29, 1.82) is 0 Å². The number of rotatable bonds is 9. The van der Waals surface area contributed by atoms with Crippen molar-refractivity contribution in [2.24, 2.45) is 0 Å². The minimum Gasteiger partial charge on any atom is -0.357 e. The molecule has 0 spiro atoms. The first-order chi connectivity index (χ1) is 14.9. The van der Waals surface area contributed by atoms with E-state index in [4.69, 9.17) is 0 Å². The van der Waals surface area contributed by atoms with Crippen molar-refractivity contribution in [3.05, 3.63) is 64.1 Å². The van der Waals surface area contributed by atoms with Crippen LogP contribution in [-0.2, 0) is 26.2 Å². The summed E-state index contributed by atoms with van der Waals surface area (Å²) in [6, 6.07) is 13.7. The van der Waals surface area contributed by atoms with Crippen LogP contribution in [0.25, 0.3) is 0 Å². The predicted molar refractivity (Wildman–Crippen MR) is 131 cm³/mol. The van der Waals surface area contributed by atoms with Crippen LogP contribution in [0.2, 0.25) is 0 Å². The Labute approximate surface area is 199 Å². The molecule has 0 heterocycles. The molecular formula is C23H30BrN3O4S. The summed E-state index contributed by atoms with van der Waals surface area (Å²) in [5.41, 5.74) is 2.29. The van der Waals surface area contributed by atoms with Gasteiger partial charge in [-0.2, -0.15) is 0 Å². The summed E-state index contributed by atoms with van der Waals surface area (Å²) in [4.78, 5) is 27.0. The first-order valence-electron chi connectivity index (χ1n) is 10.3. The van der Waals surface area contributed by atoms with E-state index < -0.39 is 28.5 Å². The van der Waals surface area contributed by atoms with E-state index in [9.17, 15) is 18.0 Å². The standard InChI is InChI=1S/C23H30BrN3O4S/c1-16(2)19-9-11-21(12-10-19)27(32(5,30)31)15-22(28)26(17(3)23(29)25-4)14-18-7-6-8-20(24)13-18/h6-13,16-17H,14-15H2,1-5H3,(H,25,29)/t17-/m1/s1. The quantitative estimate of drug-likeness (QED) is 0.544. The summed E-state index contributed by atoms with van der Waals surface area (Å²) in [7, 11) is -2.23. The first-order valence-corrected chi connectivity index (χ1v) is 12.9. The second kappa shape index (κ2) is 11.0. The Kier molecular flexibility index (Phi) is 8.86. The lowest BCUT2D eigenvalue weighted by atomic mass is 10.0. The molecule has 9 heteroatoms. The summed E-state index contributed by atoms with van der Waals surface area (Å²) < 4.78 is 27.0. The van der Waals surface area contributed by atoms with Crippen LogP contribution in [0.5, 0.6) is 0 Å². The Morgan fingerprint density at radius 3 is 2.19 bits per heavy atom. The molecule has 0 radical (unpaired) electrons. The van der Waals surface area contributed by atoms with Gasteiger partial charge in [0.05, 0.1) is 11.9 Å². The van der Waals surface area contributed by atoms with Gasteiger partial charge in [0.25, 0.3) is 0 Å². The zero-order chi connectivity index (χ0) is 24.1. The van der Waals surface area contributed by atoms with E-state index in [0.29, 0.717) is 11.6 Å². The average molecular weight is 524 g/mol. The highest BCUT2D eigenvalue weighted by molar-refractivity contribution is 9.10. The highest BCUT2D eigenvalue weighted by atomic mass is 79.9. The number of hydrogen-bond acceptors (Lipinski definition) is 4. The van der Waals surface area contributed by atoms with Crippen molar-refractivity contribution >= 4 is 43.5 Å². The van der Waals surface area contributed by atoms with Crippen LogP contribution in [0.3, 0.4) is 0 Å². The van der Waals surface area contributed by atoms with Crippen LogP contribution >= 0.6 is 15.9 Å². The second-order valence-electron chi connectivity index (χ2n) is 7.96. The Morgan fingerprint density at radius 1 is 1.06 bits per heavy atom. The maximum Gasteiger partial charge on any atom is 0.244 e. The van der Waals surface area contributed by atoms with E-state index in [0.717, 1.165) is 26.2 Å². The van der Waals surface area contributed by atoms with E-state index in [-0.39, 0.29) is 12.5 Å². The molecule has 1 atom stereocenters. The van der Waals surface area contributed by atoms with E-state index >= 15 is 0 Å². The molecule has 2 aromatic rings. The van der Waals surface area contributed by atoms with Crippen LogP contribution in [0.1, 0.15) is 37.8 Å². The molecule has 0 aliphatic carbocycles. The van der Waals surface area contributed by atoms with Crippen molar-refractivity contribution < 1.29 is 18.0 Å². The molecule has 2 aromatic carbocycles. The lowest BCUT2D eigenvalue weighted by Crippen LogP contribution is -2.50. The summed E-state index contributed by atoms with van der Waals surface area (Å²) in [5.74, 6) is -0.508.